The third-order valence-electron chi connectivity index (χ3n) is 2.76. The van der Waals surface area contributed by atoms with Crippen molar-refractivity contribution in [1.82, 2.24) is 25.1 Å². The van der Waals surface area contributed by atoms with Gasteiger partial charge in [0.05, 0.1) is 5.56 Å². The molecule has 108 valence electrons. The highest BCUT2D eigenvalue weighted by molar-refractivity contribution is 5.94. The van der Waals surface area contributed by atoms with E-state index in [1.54, 1.807) is 23.0 Å². The molecule has 0 aliphatic rings. The summed E-state index contributed by atoms with van der Waals surface area (Å²) < 4.78 is 1.80. The first-order chi connectivity index (χ1) is 10.2. The molecular weight excluding hydrogens is 270 g/mol. The highest BCUT2D eigenvalue weighted by atomic mass is 16.2. The molecule has 0 aliphatic carbocycles. The van der Waals surface area contributed by atoms with Crippen molar-refractivity contribution in [2.24, 2.45) is 7.05 Å². The van der Waals surface area contributed by atoms with Gasteiger partial charge in [0.25, 0.3) is 5.91 Å². The summed E-state index contributed by atoms with van der Waals surface area (Å²) >= 11 is 0. The Hall–Kier alpha value is -2.72. The lowest BCUT2D eigenvalue weighted by Gasteiger charge is -2.05. The number of hydrogen-bond donors (Lipinski definition) is 2. The molecule has 7 nitrogen and oxygen atoms in total. The topological polar surface area (TPSA) is 92.9 Å². The van der Waals surface area contributed by atoms with Gasteiger partial charge in [-0.1, -0.05) is 11.8 Å². The van der Waals surface area contributed by atoms with Crippen LogP contribution >= 0.6 is 0 Å². The second kappa shape index (κ2) is 7.17. The molecule has 2 rings (SSSR count). The third-order valence-corrected chi connectivity index (χ3v) is 2.76. The maximum atomic E-state index is 12.1. The van der Waals surface area contributed by atoms with Crippen molar-refractivity contribution in [2.45, 2.75) is 6.42 Å². The van der Waals surface area contributed by atoms with Gasteiger partial charge in [0.1, 0.15) is 24.5 Å². The normalized spacial score (nSPS) is 9.81. The SMILES string of the molecule is Cn1cnnc1CCNC(=O)c1ncccc1C#CCO. The van der Waals surface area contributed by atoms with Crippen molar-refractivity contribution in [3.05, 3.63) is 41.7 Å². The van der Waals surface area contributed by atoms with Crippen LogP contribution in [0.2, 0.25) is 0 Å². The number of pyridine rings is 1. The fraction of sp³-hybridized carbons (Fsp3) is 0.286. The Kier molecular flexibility index (Phi) is 5.01. The first kappa shape index (κ1) is 14.7. The lowest BCUT2D eigenvalue weighted by atomic mass is 10.2. The molecule has 0 unspecified atom stereocenters. The molecule has 0 spiro atoms. The molecule has 0 atom stereocenters. The Balaban J connectivity index is 1.99. The summed E-state index contributed by atoms with van der Waals surface area (Å²) in [6.45, 7) is 0.164. The lowest BCUT2D eigenvalue weighted by molar-refractivity contribution is 0.0948. The average molecular weight is 285 g/mol. The summed E-state index contributed by atoms with van der Waals surface area (Å²) in [6.07, 6.45) is 3.72. The second-order valence-electron chi connectivity index (χ2n) is 4.22. The van der Waals surface area contributed by atoms with E-state index in [4.69, 9.17) is 5.11 Å². The van der Waals surface area contributed by atoms with E-state index >= 15 is 0 Å². The van der Waals surface area contributed by atoms with Crippen LogP contribution in [0, 0.1) is 11.8 Å². The van der Waals surface area contributed by atoms with Gasteiger partial charge in [-0.05, 0) is 12.1 Å². The number of nitrogens with zero attached hydrogens (tertiary/aromatic N) is 4. The zero-order valence-electron chi connectivity index (χ0n) is 11.6. The smallest absolute Gasteiger partial charge is 0.271 e. The minimum atomic E-state index is -0.306. The number of carbonyl (C=O) groups excluding carboxylic acids is 1. The van der Waals surface area contributed by atoms with Gasteiger partial charge in [-0.2, -0.15) is 0 Å². The molecule has 21 heavy (non-hydrogen) atoms. The van der Waals surface area contributed by atoms with Crippen LogP contribution < -0.4 is 5.32 Å². The summed E-state index contributed by atoms with van der Waals surface area (Å²) in [7, 11) is 1.85. The largest absolute Gasteiger partial charge is 0.384 e. The fourth-order valence-corrected chi connectivity index (χ4v) is 1.73. The molecule has 0 aliphatic heterocycles. The van der Waals surface area contributed by atoms with Gasteiger partial charge < -0.3 is 15.0 Å². The van der Waals surface area contributed by atoms with E-state index in [0.717, 1.165) is 5.82 Å². The van der Waals surface area contributed by atoms with Gasteiger partial charge in [-0.3, -0.25) is 4.79 Å². The predicted molar refractivity (Wildman–Crippen MR) is 75.2 cm³/mol. The summed E-state index contributed by atoms with van der Waals surface area (Å²) in [5.41, 5.74) is 0.735. The molecule has 0 bridgehead atoms. The first-order valence-corrected chi connectivity index (χ1v) is 6.38. The van der Waals surface area contributed by atoms with Crippen molar-refractivity contribution < 1.29 is 9.90 Å². The van der Waals surface area contributed by atoms with E-state index in [1.807, 2.05) is 7.05 Å². The molecule has 0 saturated carbocycles. The standard InChI is InChI=1S/C14H15N5O2/c1-19-10-17-18-12(19)6-8-16-14(21)13-11(5-3-9-20)4-2-7-15-13/h2,4,7,10,20H,6,8-9H2,1H3,(H,16,21). The van der Waals surface area contributed by atoms with Crippen LogP contribution in [0.1, 0.15) is 21.9 Å². The third kappa shape index (κ3) is 3.87. The lowest BCUT2D eigenvalue weighted by Crippen LogP contribution is -2.28. The van der Waals surface area contributed by atoms with Crippen molar-refractivity contribution in [1.29, 1.82) is 0 Å². The van der Waals surface area contributed by atoms with Crippen LogP contribution in [0.15, 0.2) is 24.7 Å². The molecule has 2 heterocycles. The number of rotatable bonds is 4. The van der Waals surface area contributed by atoms with E-state index in [0.29, 0.717) is 18.5 Å². The summed E-state index contributed by atoms with van der Waals surface area (Å²) in [4.78, 5) is 16.1. The number of carbonyl (C=O) groups is 1. The van der Waals surface area contributed by atoms with E-state index in [9.17, 15) is 4.79 Å². The molecule has 0 aromatic carbocycles. The quantitative estimate of drug-likeness (QED) is 0.741. The van der Waals surface area contributed by atoms with Gasteiger partial charge in [-0.15, -0.1) is 10.2 Å². The highest BCUT2D eigenvalue weighted by Crippen LogP contribution is 2.03. The van der Waals surface area contributed by atoms with Crippen LogP contribution in [0.4, 0.5) is 0 Å². The molecular formula is C14H15N5O2. The number of aromatic nitrogens is 4. The van der Waals surface area contributed by atoms with E-state index in [2.05, 4.69) is 32.3 Å². The van der Waals surface area contributed by atoms with Crippen LogP contribution in [-0.4, -0.2) is 43.9 Å². The molecule has 2 aromatic rings. The number of amides is 1. The molecule has 2 aromatic heterocycles. The maximum Gasteiger partial charge on any atom is 0.271 e. The minimum absolute atomic E-state index is 0.247. The Morgan fingerprint density at radius 2 is 2.38 bits per heavy atom. The first-order valence-electron chi connectivity index (χ1n) is 6.38. The minimum Gasteiger partial charge on any atom is -0.384 e. The van der Waals surface area contributed by atoms with Gasteiger partial charge in [0.2, 0.25) is 0 Å². The Morgan fingerprint density at radius 3 is 3.10 bits per heavy atom. The Bertz CT molecular complexity index is 684. The number of nitrogens with one attached hydrogen (secondary N) is 1. The van der Waals surface area contributed by atoms with Gasteiger partial charge in [-0.25, -0.2) is 4.98 Å². The van der Waals surface area contributed by atoms with E-state index in [-0.39, 0.29) is 18.2 Å². The average Bonchev–Trinajstić information content (AvgIpc) is 2.91. The number of aliphatic hydroxyl groups is 1. The predicted octanol–water partition coefficient (Wildman–Crippen LogP) is -0.474. The molecule has 7 heteroatoms. The number of aryl methyl sites for hydroxylation is 1. The maximum absolute atomic E-state index is 12.1. The zero-order chi connectivity index (χ0) is 15.1. The van der Waals surface area contributed by atoms with Crippen molar-refractivity contribution in [3.8, 4) is 11.8 Å². The fourth-order valence-electron chi connectivity index (χ4n) is 1.73. The number of aliphatic hydroxyl groups excluding tert-OH is 1. The summed E-state index contributed by atoms with van der Waals surface area (Å²) in [6, 6.07) is 3.38. The Morgan fingerprint density at radius 1 is 1.52 bits per heavy atom. The van der Waals surface area contributed by atoms with Crippen LogP contribution in [-0.2, 0) is 13.5 Å². The molecule has 0 saturated heterocycles. The summed E-state index contributed by atoms with van der Waals surface area (Å²) in [5.74, 6) is 5.70. The van der Waals surface area contributed by atoms with Gasteiger partial charge >= 0.3 is 0 Å². The van der Waals surface area contributed by atoms with Crippen molar-refractivity contribution >= 4 is 5.91 Å². The Labute approximate surface area is 122 Å². The molecule has 1 amide bonds. The van der Waals surface area contributed by atoms with Crippen molar-refractivity contribution in [3.63, 3.8) is 0 Å². The molecule has 0 fully saturated rings. The van der Waals surface area contributed by atoms with Crippen LogP contribution in [0.3, 0.4) is 0 Å². The second-order valence-corrected chi connectivity index (χ2v) is 4.22. The number of hydrogen-bond acceptors (Lipinski definition) is 5. The van der Waals surface area contributed by atoms with E-state index in [1.165, 1.54) is 6.20 Å². The highest BCUT2D eigenvalue weighted by Gasteiger charge is 2.11. The van der Waals surface area contributed by atoms with Crippen LogP contribution in [0.5, 0.6) is 0 Å². The monoisotopic (exact) mass is 285 g/mol. The zero-order valence-corrected chi connectivity index (χ0v) is 11.6. The molecule has 0 radical (unpaired) electrons. The summed E-state index contributed by atoms with van der Waals surface area (Å²) in [5, 5.41) is 19.2. The van der Waals surface area contributed by atoms with Gasteiger partial charge in [0.15, 0.2) is 0 Å². The van der Waals surface area contributed by atoms with Crippen molar-refractivity contribution in [2.75, 3.05) is 13.2 Å². The van der Waals surface area contributed by atoms with Crippen LogP contribution in [0.25, 0.3) is 0 Å². The molecule has 2 N–H and O–H groups in total. The van der Waals surface area contributed by atoms with Gasteiger partial charge in [0, 0.05) is 26.2 Å². The van der Waals surface area contributed by atoms with E-state index < -0.39 is 0 Å².